The van der Waals surface area contributed by atoms with Crippen molar-refractivity contribution >= 4 is 20.9 Å². The first kappa shape index (κ1) is 25.3. The van der Waals surface area contributed by atoms with Crippen LogP contribution in [0.1, 0.15) is 37.7 Å². The molecule has 0 amide bonds. The van der Waals surface area contributed by atoms with Crippen LogP contribution >= 0.6 is 0 Å². The van der Waals surface area contributed by atoms with Crippen molar-refractivity contribution in [3.63, 3.8) is 0 Å². The molecule has 1 saturated heterocycles. The maximum atomic E-state index is 13.2. The molecule has 2 heterocycles. The van der Waals surface area contributed by atoms with Crippen LogP contribution in [0.15, 0.2) is 58.2 Å². The monoisotopic (exact) mass is 508 g/mol. The highest BCUT2D eigenvalue weighted by Gasteiger charge is 2.38. The molecule has 4 rings (SSSR count). The van der Waals surface area contributed by atoms with Gasteiger partial charge in [-0.15, -0.1) is 0 Å². The van der Waals surface area contributed by atoms with Crippen LogP contribution in [0.25, 0.3) is 10.9 Å². The quantitative estimate of drug-likeness (QED) is 0.524. The molecule has 11 heteroatoms. The minimum atomic E-state index is -4.63. The smallest absolute Gasteiger partial charge is 0.298 e. The van der Waals surface area contributed by atoms with Crippen LogP contribution in [0.2, 0.25) is 0 Å². The Morgan fingerprint density at radius 2 is 1.83 bits per heavy atom. The molecule has 0 spiro atoms. The Morgan fingerprint density at radius 3 is 2.49 bits per heavy atom. The fourth-order valence-corrected chi connectivity index (χ4v) is 6.37. The third-order valence-corrected chi connectivity index (χ3v) is 8.52. The molecule has 2 aromatic carbocycles. The number of para-hydroxylation sites is 1. The molecule has 2 unspecified atom stereocenters. The lowest BCUT2D eigenvalue weighted by Gasteiger charge is -2.42. The summed E-state index contributed by atoms with van der Waals surface area (Å²) in [6, 6.07) is 10.2. The van der Waals surface area contributed by atoms with Gasteiger partial charge in [0.1, 0.15) is 5.82 Å². The number of alkyl halides is 3. The molecule has 2 atom stereocenters. The van der Waals surface area contributed by atoms with E-state index in [1.165, 1.54) is 14.9 Å². The molecule has 188 valence electrons. The summed E-state index contributed by atoms with van der Waals surface area (Å²) in [6.45, 7) is 4.51. The van der Waals surface area contributed by atoms with E-state index < -0.39 is 27.8 Å². The number of hydrogen-bond acceptors (Lipinski definition) is 5. The highest BCUT2D eigenvalue weighted by molar-refractivity contribution is 7.89. The van der Waals surface area contributed by atoms with Crippen molar-refractivity contribution in [2.24, 2.45) is 7.05 Å². The minimum Gasteiger partial charge on any atom is -0.298 e. The van der Waals surface area contributed by atoms with E-state index in [1.807, 2.05) is 13.0 Å². The van der Waals surface area contributed by atoms with Gasteiger partial charge in [0.15, 0.2) is 0 Å². The fourth-order valence-electron chi connectivity index (χ4n) is 4.71. The van der Waals surface area contributed by atoms with Gasteiger partial charge in [0.05, 0.1) is 27.4 Å². The van der Waals surface area contributed by atoms with E-state index in [0.29, 0.717) is 42.3 Å². The maximum absolute atomic E-state index is 13.2. The van der Waals surface area contributed by atoms with Crippen LogP contribution in [0, 0.1) is 0 Å². The van der Waals surface area contributed by atoms with Crippen molar-refractivity contribution in [2.45, 2.75) is 43.4 Å². The third-order valence-electron chi connectivity index (χ3n) is 6.51. The van der Waals surface area contributed by atoms with Gasteiger partial charge in [-0.3, -0.25) is 14.3 Å². The lowest BCUT2D eigenvalue weighted by atomic mass is 10.1. The summed E-state index contributed by atoms with van der Waals surface area (Å²) in [6.07, 6.45) is -3.99. The Labute approximate surface area is 201 Å². The van der Waals surface area contributed by atoms with Gasteiger partial charge in [-0.1, -0.05) is 25.1 Å². The molecule has 1 aromatic heterocycles. The number of aromatic nitrogens is 2. The Balaban J connectivity index is 1.61. The second-order valence-electron chi connectivity index (χ2n) is 8.76. The summed E-state index contributed by atoms with van der Waals surface area (Å²) < 4.78 is 68.6. The van der Waals surface area contributed by atoms with Gasteiger partial charge in [-0.05, 0) is 43.7 Å². The van der Waals surface area contributed by atoms with E-state index in [4.69, 9.17) is 4.98 Å². The van der Waals surface area contributed by atoms with Gasteiger partial charge in [0, 0.05) is 32.7 Å². The van der Waals surface area contributed by atoms with E-state index in [-0.39, 0.29) is 23.0 Å². The molecule has 0 radical (unpaired) electrons. The van der Waals surface area contributed by atoms with Crippen LogP contribution in [0.3, 0.4) is 0 Å². The number of piperazine rings is 1. The number of rotatable bonds is 5. The molecule has 1 aliphatic rings. The highest BCUT2D eigenvalue weighted by Crippen LogP contribution is 2.33. The summed E-state index contributed by atoms with van der Waals surface area (Å²) in [7, 11) is -2.44. The van der Waals surface area contributed by atoms with Gasteiger partial charge in [-0.2, -0.15) is 17.5 Å². The van der Waals surface area contributed by atoms with Crippen LogP contribution in [-0.2, 0) is 23.2 Å². The lowest BCUT2D eigenvalue weighted by Crippen LogP contribution is -2.54. The maximum Gasteiger partial charge on any atom is 0.416 e. The first-order chi connectivity index (χ1) is 16.4. The highest BCUT2D eigenvalue weighted by atomic mass is 32.2. The average molecular weight is 509 g/mol. The first-order valence-electron chi connectivity index (χ1n) is 11.3. The Bertz CT molecular complexity index is 1410. The largest absolute Gasteiger partial charge is 0.416 e. The van der Waals surface area contributed by atoms with Crippen molar-refractivity contribution < 1.29 is 21.6 Å². The predicted molar refractivity (Wildman–Crippen MR) is 126 cm³/mol. The van der Waals surface area contributed by atoms with Crippen molar-refractivity contribution in [1.82, 2.24) is 18.8 Å². The van der Waals surface area contributed by atoms with Crippen molar-refractivity contribution in [3.05, 3.63) is 70.3 Å². The summed E-state index contributed by atoms with van der Waals surface area (Å²) in [5.74, 6) is 0.595. The number of benzene rings is 2. The topological polar surface area (TPSA) is 75.5 Å². The molecule has 7 nitrogen and oxygen atoms in total. The standard InChI is InChI=1S/C24H27F3N4O3S/c1-4-21(22-28-20-11-6-5-10-19(20)23(32)29(22)3)30-12-13-31(16(2)15-30)35(33,34)18-9-7-8-17(14-18)24(25,26)27/h5-11,14,16,21H,4,12-13,15H2,1-3H3. The zero-order valence-electron chi connectivity index (χ0n) is 19.7. The number of halogens is 3. The molecule has 1 aliphatic heterocycles. The zero-order chi connectivity index (χ0) is 25.5. The molecule has 35 heavy (non-hydrogen) atoms. The third kappa shape index (κ3) is 4.72. The van der Waals surface area contributed by atoms with Crippen molar-refractivity contribution in [1.29, 1.82) is 0 Å². The van der Waals surface area contributed by atoms with Crippen molar-refractivity contribution in [3.8, 4) is 0 Å². The molecule has 1 fully saturated rings. The predicted octanol–water partition coefficient (Wildman–Crippen LogP) is 3.80. The summed E-state index contributed by atoms with van der Waals surface area (Å²) in [5, 5.41) is 0.527. The van der Waals surface area contributed by atoms with E-state index >= 15 is 0 Å². The molecular formula is C24H27F3N4O3S. The molecule has 0 N–H and O–H groups in total. The summed E-state index contributed by atoms with van der Waals surface area (Å²) in [4.78, 5) is 19.3. The minimum absolute atomic E-state index is 0.109. The van der Waals surface area contributed by atoms with Gasteiger partial charge in [0.2, 0.25) is 10.0 Å². The SMILES string of the molecule is CCC(c1nc2ccccc2c(=O)n1C)N1CCN(S(=O)(=O)c2cccc(C(F)(F)F)c2)C(C)C1. The zero-order valence-corrected chi connectivity index (χ0v) is 20.5. The Hall–Kier alpha value is -2.76. The summed E-state index contributed by atoms with van der Waals surface area (Å²) >= 11 is 0. The van der Waals surface area contributed by atoms with Gasteiger partial charge >= 0.3 is 6.18 Å². The number of fused-ring (bicyclic) bond motifs is 1. The molecule has 0 aliphatic carbocycles. The first-order valence-corrected chi connectivity index (χ1v) is 12.8. The second kappa shape index (κ2) is 9.36. The van der Waals surface area contributed by atoms with E-state index in [0.717, 1.165) is 12.1 Å². The molecule has 0 saturated carbocycles. The Kier molecular flexibility index (Phi) is 6.78. The van der Waals surface area contributed by atoms with E-state index in [1.54, 1.807) is 32.2 Å². The van der Waals surface area contributed by atoms with Crippen LogP contribution < -0.4 is 5.56 Å². The van der Waals surface area contributed by atoms with Crippen molar-refractivity contribution in [2.75, 3.05) is 19.6 Å². The fraction of sp³-hybridized carbons (Fsp3) is 0.417. The Morgan fingerprint density at radius 1 is 1.11 bits per heavy atom. The molecule has 0 bridgehead atoms. The van der Waals surface area contributed by atoms with Crippen LogP contribution in [0.4, 0.5) is 13.2 Å². The molecule has 3 aromatic rings. The van der Waals surface area contributed by atoms with Crippen LogP contribution in [0.5, 0.6) is 0 Å². The number of sulfonamides is 1. The van der Waals surface area contributed by atoms with Crippen LogP contribution in [-0.4, -0.2) is 52.9 Å². The second-order valence-corrected chi connectivity index (χ2v) is 10.7. The summed E-state index contributed by atoms with van der Waals surface area (Å²) in [5.41, 5.74) is -0.551. The molecular weight excluding hydrogens is 481 g/mol. The number of hydrogen-bond donors (Lipinski definition) is 0. The van der Waals surface area contributed by atoms with Gasteiger partial charge in [0.25, 0.3) is 5.56 Å². The van der Waals surface area contributed by atoms with Gasteiger partial charge < -0.3 is 0 Å². The number of nitrogens with zero attached hydrogens (tertiary/aromatic N) is 4. The normalized spacial score (nSPS) is 19.2. The van der Waals surface area contributed by atoms with E-state index in [2.05, 4.69) is 4.90 Å². The van der Waals surface area contributed by atoms with Gasteiger partial charge in [-0.25, -0.2) is 13.4 Å². The lowest BCUT2D eigenvalue weighted by molar-refractivity contribution is -0.137. The van der Waals surface area contributed by atoms with E-state index in [9.17, 15) is 26.4 Å². The average Bonchev–Trinajstić information content (AvgIpc) is 2.82.